The van der Waals surface area contributed by atoms with Gasteiger partial charge in [-0.2, -0.15) is 5.10 Å². The van der Waals surface area contributed by atoms with Crippen LogP contribution >= 0.6 is 11.6 Å². The van der Waals surface area contributed by atoms with Crippen molar-refractivity contribution in [3.05, 3.63) is 64.8 Å². The molecule has 5 nitrogen and oxygen atoms in total. The number of nitrogens with zero attached hydrogens (tertiary/aromatic N) is 2. The molecule has 1 amide bonds. The van der Waals surface area contributed by atoms with Crippen LogP contribution in [0.15, 0.2) is 48.7 Å². The van der Waals surface area contributed by atoms with E-state index in [-0.39, 0.29) is 18.9 Å². The molecule has 3 aromatic rings. The Labute approximate surface area is 164 Å². The molecule has 1 atom stereocenters. The van der Waals surface area contributed by atoms with E-state index in [1.54, 1.807) is 10.9 Å². The monoisotopic (exact) mass is 385 g/mol. The van der Waals surface area contributed by atoms with Crippen LogP contribution in [0.25, 0.3) is 10.9 Å². The summed E-state index contributed by atoms with van der Waals surface area (Å²) in [5.74, 6) is 0.322. The molecule has 0 radical (unpaired) electrons. The fourth-order valence-corrected chi connectivity index (χ4v) is 3.12. The van der Waals surface area contributed by atoms with Gasteiger partial charge < -0.3 is 10.4 Å². The summed E-state index contributed by atoms with van der Waals surface area (Å²) < 4.78 is 1.77. The standard InChI is InChI=1S/C21H24ClN3O2/c1-14(2)15-3-5-16(6-4-15)20(26)13-23-21(27)9-10-25-19-11-18(22)8-7-17(19)12-24-25/h3-8,11-12,14,20,26H,9-10,13H2,1-2H3,(H,23,27). The number of hydrogen-bond acceptors (Lipinski definition) is 3. The van der Waals surface area contributed by atoms with E-state index >= 15 is 0 Å². The second kappa shape index (κ2) is 8.55. The number of aromatic nitrogens is 2. The first-order chi connectivity index (χ1) is 12.9. The van der Waals surface area contributed by atoms with Gasteiger partial charge in [0.1, 0.15) is 0 Å². The van der Waals surface area contributed by atoms with Crippen LogP contribution in [0.3, 0.4) is 0 Å². The zero-order valence-corrected chi connectivity index (χ0v) is 16.3. The molecule has 1 aromatic heterocycles. The van der Waals surface area contributed by atoms with Gasteiger partial charge in [0.05, 0.1) is 24.4 Å². The van der Waals surface area contributed by atoms with Gasteiger partial charge in [-0.1, -0.05) is 49.7 Å². The van der Waals surface area contributed by atoms with Crippen molar-refractivity contribution in [2.45, 2.75) is 38.8 Å². The van der Waals surface area contributed by atoms with Gasteiger partial charge in [-0.3, -0.25) is 9.48 Å². The number of aliphatic hydroxyl groups is 1. The Bertz CT molecular complexity index is 919. The van der Waals surface area contributed by atoms with E-state index in [4.69, 9.17) is 11.6 Å². The maximum absolute atomic E-state index is 12.1. The minimum absolute atomic E-state index is 0.126. The van der Waals surface area contributed by atoms with Gasteiger partial charge in [-0.05, 0) is 35.2 Å². The molecule has 0 aliphatic carbocycles. The normalized spacial score (nSPS) is 12.5. The number of halogens is 1. The van der Waals surface area contributed by atoms with Crippen LogP contribution in [0.5, 0.6) is 0 Å². The lowest BCUT2D eigenvalue weighted by atomic mass is 10.00. The fraction of sp³-hybridized carbons (Fsp3) is 0.333. The molecule has 1 unspecified atom stereocenters. The van der Waals surface area contributed by atoms with Gasteiger partial charge >= 0.3 is 0 Å². The van der Waals surface area contributed by atoms with Crippen molar-refractivity contribution in [3.63, 3.8) is 0 Å². The number of carbonyl (C=O) groups is 1. The SMILES string of the molecule is CC(C)c1ccc(C(O)CNC(=O)CCn2ncc3ccc(Cl)cc32)cc1. The first-order valence-corrected chi connectivity index (χ1v) is 9.47. The number of fused-ring (bicyclic) bond motifs is 1. The molecule has 3 rings (SSSR count). The van der Waals surface area contributed by atoms with Crippen molar-refractivity contribution in [2.24, 2.45) is 0 Å². The lowest BCUT2D eigenvalue weighted by molar-refractivity contribution is -0.121. The van der Waals surface area contributed by atoms with E-state index in [9.17, 15) is 9.90 Å². The highest BCUT2D eigenvalue weighted by molar-refractivity contribution is 6.31. The van der Waals surface area contributed by atoms with E-state index in [1.807, 2.05) is 42.5 Å². The summed E-state index contributed by atoms with van der Waals surface area (Å²) in [5, 5.41) is 19.0. The Morgan fingerprint density at radius 2 is 1.89 bits per heavy atom. The minimum Gasteiger partial charge on any atom is -0.387 e. The number of aryl methyl sites for hydroxylation is 1. The molecule has 0 spiro atoms. The predicted octanol–water partition coefficient (Wildman–Crippen LogP) is 4.05. The van der Waals surface area contributed by atoms with Crippen molar-refractivity contribution >= 4 is 28.4 Å². The summed E-state index contributed by atoms with van der Waals surface area (Å²) >= 11 is 6.03. The smallest absolute Gasteiger partial charge is 0.221 e. The summed E-state index contributed by atoms with van der Waals surface area (Å²) in [6.45, 7) is 4.89. The van der Waals surface area contributed by atoms with E-state index < -0.39 is 6.10 Å². The molecule has 0 saturated carbocycles. The Hall–Kier alpha value is -2.37. The molecule has 142 valence electrons. The van der Waals surface area contributed by atoms with Crippen LogP contribution in [0.1, 0.15) is 43.4 Å². The van der Waals surface area contributed by atoms with Crippen LogP contribution in [0.4, 0.5) is 0 Å². The van der Waals surface area contributed by atoms with Crippen LogP contribution < -0.4 is 5.32 Å². The molecular weight excluding hydrogens is 362 g/mol. The van der Waals surface area contributed by atoms with Gasteiger partial charge in [-0.15, -0.1) is 0 Å². The molecular formula is C21H24ClN3O2. The first-order valence-electron chi connectivity index (χ1n) is 9.09. The quantitative estimate of drug-likeness (QED) is 0.644. The summed E-state index contributed by atoms with van der Waals surface area (Å²) in [7, 11) is 0. The van der Waals surface area contributed by atoms with Gasteiger partial charge in [0, 0.05) is 23.4 Å². The number of carbonyl (C=O) groups excluding carboxylic acids is 1. The van der Waals surface area contributed by atoms with Crippen molar-refractivity contribution in [2.75, 3.05) is 6.54 Å². The minimum atomic E-state index is -0.723. The number of rotatable bonds is 7. The molecule has 1 heterocycles. The second-order valence-corrected chi connectivity index (χ2v) is 7.40. The molecule has 0 aliphatic heterocycles. The number of aliphatic hydroxyl groups excluding tert-OH is 1. The zero-order valence-electron chi connectivity index (χ0n) is 15.5. The van der Waals surface area contributed by atoms with Gasteiger partial charge in [0.2, 0.25) is 5.91 Å². The zero-order chi connectivity index (χ0) is 19.4. The lowest BCUT2D eigenvalue weighted by Gasteiger charge is -2.14. The largest absolute Gasteiger partial charge is 0.387 e. The summed E-state index contributed by atoms with van der Waals surface area (Å²) in [5.41, 5.74) is 2.93. The number of amides is 1. The topological polar surface area (TPSA) is 67.2 Å². The molecule has 0 bridgehead atoms. The van der Waals surface area contributed by atoms with Crippen molar-refractivity contribution in [3.8, 4) is 0 Å². The van der Waals surface area contributed by atoms with Gasteiger partial charge in [-0.25, -0.2) is 0 Å². The van der Waals surface area contributed by atoms with E-state index in [0.717, 1.165) is 16.5 Å². The molecule has 27 heavy (non-hydrogen) atoms. The number of hydrogen-bond donors (Lipinski definition) is 2. The maximum Gasteiger partial charge on any atom is 0.221 e. The molecule has 0 aliphatic rings. The van der Waals surface area contributed by atoms with Gasteiger partial charge in [0.15, 0.2) is 0 Å². The van der Waals surface area contributed by atoms with Gasteiger partial charge in [0.25, 0.3) is 0 Å². The molecule has 2 N–H and O–H groups in total. The lowest BCUT2D eigenvalue weighted by Crippen LogP contribution is -2.29. The summed E-state index contributed by atoms with van der Waals surface area (Å²) in [4.78, 5) is 12.1. The van der Waals surface area contributed by atoms with Crippen LogP contribution in [-0.4, -0.2) is 27.3 Å². The van der Waals surface area contributed by atoms with Crippen molar-refractivity contribution in [1.29, 1.82) is 0 Å². The summed E-state index contributed by atoms with van der Waals surface area (Å²) in [6, 6.07) is 13.4. The average Bonchev–Trinajstić information content (AvgIpc) is 3.06. The Kier molecular flexibility index (Phi) is 6.14. The fourth-order valence-electron chi connectivity index (χ4n) is 2.95. The third-order valence-corrected chi connectivity index (χ3v) is 4.87. The summed E-state index contributed by atoms with van der Waals surface area (Å²) in [6.07, 6.45) is 1.32. The highest BCUT2D eigenvalue weighted by atomic mass is 35.5. The Morgan fingerprint density at radius 1 is 1.19 bits per heavy atom. The first kappa shape index (κ1) is 19.4. The predicted molar refractivity (Wildman–Crippen MR) is 108 cm³/mol. The van der Waals surface area contributed by atoms with Crippen LogP contribution in [0, 0.1) is 0 Å². The van der Waals surface area contributed by atoms with E-state index in [1.165, 1.54) is 5.56 Å². The third-order valence-electron chi connectivity index (χ3n) is 4.64. The Morgan fingerprint density at radius 3 is 2.59 bits per heavy atom. The van der Waals surface area contributed by atoms with E-state index in [0.29, 0.717) is 17.5 Å². The van der Waals surface area contributed by atoms with Crippen LogP contribution in [-0.2, 0) is 11.3 Å². The third kappa shape index (κ3) is 4.87. The Balaban J connectivity index is 1.51. The van der Waals surface area contributed by atoms with Crippen molar-refractivity contribution in [1.82, 2.24) is 15.1 Å². The van der Waals surface area contributed by atoms with Crippen LogP contribution in [0.2, 0.25) is 5.02 Å². The number of benzene rings is 2. The molecule has 0 saturated heterocycles. The number of nitrogens with one attached hydrogen (secondary N) is 1. The average molecular weight is 386 g/mol. The molecule has 6 heteroatoms. The maximum atomic E-state index is 12.1. The molecule has 2 aromatic carbocycles. The van der Waals surface area contributed by atoms with E-state index in [2.05, 4.69) is 24.3 Å². The van der Waals surface area contributed by atoms with Crippen molar-refractivity contribution < 1.29 is 9.90 Å². The molecule has 0 fully saturated rings. The highest BCUT2D eigenvalue weighted by Crippen LogP contribution is 2.20. The second-order valence-electron chi connectivity index (χ2n) is 6.96. The highest BCUT2D eigenvalue weighted by Gasteiger charge is 2.11.